The van der Waals surface area contributed by atoms with Crippen LogP contribution in [-0.4, -0.2) is 32.6 Å². The number of carbonyl (C=O) groups is 1. The Morgan fingerprint density at radius 2 is 1.92 bits per heavy atom. The first-order chi connectivity index (χ1) is 18.3. The smallest absolute Gasteiger partial charge is 0.308 e. The van der Waals surface area contributed by atoms with Gasteiger partial charge in [-0.15, -0.1) is 11.3 Å². The molecule has 2 N–H and O–H groups in total. The second-order valence-electron chi connectivity index (χ2n) is 11.0. The van der Waals surface area contributed by atoms with Crippen LogP contribution in [0, 0.1) is 18.8 Å². The van der Waals surface area contributed by atoms with Crippen molar-refractivity contribution in [2.75, 3.05) is 11.9 Å². The largest absolute Gasteiger partial charge is 0.465 e. The topological polar surface area (TPSA) is 97.2 Å². The molecule has 7 nitrogen and oxygen atoms in total. The predicted octanol–water partition coefficient (Wildman–Crippen LogP) is 6.89. The molecule has 8 heteroatoms. The van der Waals surface area contributed by atoms with Crippen molar-refractivity contribution >= 4 is 28.9 Å². The lowest BCUT2D eigenvalue weighted by atomic mass is 9.74. The molecule has 202 valence electrons. The van der Waals surface area contributed by atoms with E-state index in [1.807, 2.05) is 38.4 Å². The molecule has 3 aromatic heterocycles. The maximum Gasteiger partial charge on any atom is 0.308 e. The second kappa shape index (κ2) is 11.5. The van der Waals surface area contributed by atoms with Crippen LogP contribution in [0.15, 0.2) is 36.7 Å². The molecule has 0 radical (unpaired) electrons. The standard InChI is InChI=1S/C30H38N4O3S/c1-4-5-14-37-28(35)21-8-10-23(11-9-21)30(3,36)29-32-18-25(38-29)24-15-19(2)16-27(33-24)34-26-17-22(12-13-31-26)20-6-7-20/h12-13,15-18,20-21,23,36H,4-11,14H2,1-3H3,(H,31,33,34). The van der Waals surface area contributed by atoms with Gasteiger partial charge in [0, 0.05) is 12.4 Å². The molecule has 2 fully saturated rings. The number of esters is 1. The van der Waals surface area contributed by atoms with E-state index in [2.05, 4.69) is 34.3 Å². The number of aromatic nitrogens is 3. The number of rotatable bonds is 10. The maximum atomic E-state index is 12.4. The number of nitrogens with zero attached hydrogens (tertiary/aromatic N) is 3. The highest BCUT2D eigenvalue weighted by atomic mass is 32.1. The minimum Gasteiger partial charge on any atom is -0.465 e. The lowest BCUT2D eigenvalue weighted by Crippen LogP contribution is -2.36. The summed E-state index contributed by atoms with van der Waals surface area (Å²) in [6, 6.07) is 8.26. The van der Waals surface area contributed by atoms with Crippen LogP contribution < -0.4 is 5.32 Å². The summed E-state index contributed by atoms with van der Waals surface area (Å²) in [5.74, 6) is 2.11. The van der Waals surface area contributed by atoms with Crippen LogP contribution in [0.4, 0.5) is 11.6 Å². The van der Waals surface area contributed by atoms with Gasteiger partial charge in [0.25, 0.3) is 0 Å². The van der Waals surface area contributed by atoms with Crippen LogP contribution in [0.3, 0.4) is 0 Å². The van der Waals surface area contributed by atoms with E-state index in [1.54, 1.807) is 0 Å². The Kier molecular flexibility index (Phi) is 8.09. The number of aliphatic hydroxyl groups is 1. The van der Waals surface area contributed by atoms with Crippen molar-refractivity contribution in [2.24, 2.45) is 11.8 Å². The summed E-state index contributed by atoms with van der Waals surface area (Å²) in [4.78, 5) is 27.2. The molecule has 5 rings (SSSR count). The molecular weight excluding hydrogens is 496 g/mol. The molecule has 2 saturated carbocycles. The van der Waals surface area contributed by atoms with Crippen LogP contribution >= 0.6 is 11.3 Å². The number of nitrogens with one attached hydrogen (secondary N) is 1. The van der Waals surface area contributed by atoms with E-state index in [0.29, 0.717) is 17.5 Å². The Balaban J connectivity index is 1.25. The number of hydrogen-bond donors (Lipinski definition) is 2. The normalized spacial score (nSPS) is 21.1. The number of ether oxygens (including phenoxy) is 1. The van der Waals surface area contributed by atoms with E-state index < -0.39 is 5.60 Å². The van der Waals surface area contributed by atoms with Gasteiger partial charge in [0.2, 0.25) is 0 Å². The van der Waals surface area contributed by atoms with Crippen molar-refractivity contribution < 1.29 is 14.6 Å². The third-order valence-corrected chi connectivity index (χ3v) is 9.09. The first-order valence-electron chi connectivity index (χ1n) is 13.9. The molecule has 0 saturated heterocycles. The summed E-state index contributed by atoms with van der Waals surface area (Å²) in [7, 11) is 0. The number of aryl methyl sites for hydroxylation is 1. The maximum absolute atomic E-state index is 12.4. The van der Waals surface area contributed by atoms with Gasteiger partial charge in [0.1, 0.15) is 22.2 Å². The number of pyridine rings is 2. The summed E-state index contributed by atoms with van der Waals surface area (Å²) in [6.07, 6.45) is 11.1. The summed E-state index contributed by atoms with van der Waals surface area (Å²) in [5.41, 5.74) is 2.18. The Labute approximate surface area is 229 Å². The van der Waals surface area contributed by atoms with E-state index >= 15 is 0 Å². The quantitative estimate of drug-likeness (QED) is 0.216. The highest BCUT2D eigenvalue weighted by Crippen LogP contribution is 2.44. The summed E-state index contributed by atoms with van der Waals surface area (Å²) in [6.45, 7) is 6.49. The average Bonchev–Trinajstić information content (AvgIpc) is 3.64. The molecule has 2 aliphatic rings. The van der Waals surface area contributed by atoms with E-state index in [0.717, 1.165) is 66.3 Å². The van der Waals surface area contributed by atoms with Crippen LogP contribution in [0.25, 0.3) is 10.6 Å². The fourth-order valence-electron chi connectivity index (χ4n) is 5.30. The molecule has 0 spiro atoms. The molecule has 38 heavy (non-hydrogen) atoms. The number of carbonyl (C=O) groups excluding carboxylic acids is 1. The van der Waals surface area contributed by atoms with Crippen molar-refractivity contribution in [3.05, 3.63) is 52.8 Å². The number of thiazole rings is 1. The van der Waals surface area contributed by atoms with Crippen LogP contribution in [0.1, 0.15) is 87.3 Å². The zero-order chi connectivity index (χ0) is 26.7. The fraction of sp³-hybridized carbons (Fsp3) is 0.533. The van der Waals surface area contributed by atoms with E-state index in [9.17, 15) is 9.90 Å². The second-order valence-corrected chi connectivity index (χ2v) is 12.1. The van der Waals surface area contributed by atoms with Gasteiger partial charge in [-0.25, -0.2) is 15.0 Å². The first-order valence-corrected chi connectivity index (χ1v) is 14.7. The molecule has 2 aliphatic carbocycles. The van der Waals surface area contributed by atoms with Crippen molar-refractivity contribution in [3.8, 4) is 10.6 Å². The SMILES string of the molecule is CCCCOC(=O)C1CCC(C(C)(O)c2ncc(-c3cc(C)cc(Nc4cc(C5CC5)ccn4)n3)s2)CC1. The van der Waals surface area contributed by atoms with Crippen molar-refractivity contribution in [2.45, 2.75) is 83.7 Å². The summed E-state index contributed by atoms with van der Waals surface area (Å²) < 4.78 is 5.43. The molecule has 3 heterocycles. The van der Waals surface area contributed by atoms with Gasteiger partial charge in [-0.05, 0) is 106 Å². The molecule has 0 bridgehead atoms. The van der Waals surface area contributed by atoms with Gasteiger partial charge in [-0.1, -0.05) is 13.3 Å². The van der Waals surface area contributed by atoms with Gasteiger partial charge in [-0.2, -0.15) is 0 Å². The highest BCUT2D eigenvalue weighted by molar-refractivity contribution is 7.15. The minimum absolute atomic E-state index is 0.0497. The molecule has 1 unspecified atom stereocenters. The lowest BCUT2D eigenvalue weighted by molar-refractivity contribution is -0.151. The Hall–Kier alpha value is -2.84. The number of anilines is 2. The van der Waals surface area contributed by atoms with E-state index in [4.69, 9.17) is 9.72 Å². The third-order valence-electron chi connectivity index (χ3n) is 7.85. The predicted molar refractivity (Wildman–Crippen MR) is 150 cm³/mol. The van der Waals surface area contributed by atoms with Crippen LogP contribution in [0.5, 0.6) is 0 Å². The van der Waals surface area contributed by atoms with Crippen LogP contribution in [0.2, 0.25) is 0 Å². The van der Waals surface area contributed by atoms with Gasteiger partial charge in [0.15, 0.2) is 0 Å². The minimum atomic E-state index is -1.06. The lowest BCUT2D eigenvalue weighted by Gasteiger charge is -2.36. The molecule has 0 aliphatic heterocycles. The number of hydrogen-bond acceptors (Lipinski definition) is 8. The highest BCUT2D eigenvalue weighted by Gasteiger charge is 2.40. The van der Waals surface area contributed by atoms with Gasteiger partial charge in [0.05, 0.1) is 23.1 Å². The monoisotopic (exact) mass is 534 g/mol. The zero-order valence-electron chi connectivity index (χ0n) is 22.6. The third kappa shape index (κ3) is 6.24. The number of unbranched alkanes of at least 4 members (excludes halogenated alkanes) is 1. The van der Waals surface area contributed by atoms with Gasteiger partial charge in [-0.3, -0.25) is 4.79 Å². The van der Waals surface area contributed by atoms with Crippen molar-refractivity contribution in [1.29, 1.82) is 0 Å². The molecular formula is C30H38N4O3S. The molecule has 3 aromatic rings. The van der Waals surface area contributed by atoms with E-state index in [-0.39, 0.29) is 17.8 Å². The van der Waals surface area contributed by atoms with Gasteiger partial charge < -0.3 is 15.2 Å². The summed E-state index contributed by atoms with van der Waals surface area (Å²) in [5, 5.41) is 15.6. The Morgan fingerprint density at radius 3 is 2.66 bits per heavy atom. The van der Waals surface area contributed by atoms with Crippen molar-refractivity contribution in [3.63, 3.8) is 0 Å². The van der Waals surface area contributed by atoms with Gasteiger partial charge >= 0.3 is 5.97 Å². The zero-order valence-corrected chi connectivity index (χ0v) is 23.4. The Bertz CT molecular complexity index is 1260. The van der Waals surface area contributed by atoms with E-state index in [1.165, 1.54) is 29.7 Å². The Morgan fingerprint density at radius 1 is 1.13 bits per heavy atom. The first kappa shape index (κ1) is 26.8. The fourth-order valence-corrected chi connectivity index (χ4v) is 6.30. The van der Waals surface area contributed by atoms with Crippen LogP contribution in [-0.2, 0) is 15.1 Å². The molecule has 0 aromatic carbocycles. The molecule has 0 amide bonds. The van der Waals surface area contributed by atoms with Crippen molar-refractivity contribution in [1.82, 2.24) is 15.0 Å². The average molecular weight is 535 g/mol. The summed E-state index contributed by atoms with van der Waals surface area (Å²) >= 11 is 1.49. The molecule has 1 atom stereocenters.